The lowest BCUT2D eigenvalue weighted by molar-refractivity contribution is 0.626. The van der Waals surface area contributed by atoms with Crippen molar-refractivity contribution >= 4 is 34.8 Å². The molecule has 0 radical (unpaired) electrons. The molecule has 1 aromatic carbocycles. The predicted octanol–water partition coefficient (Wildman–Crippen LogP) is 4.85. The van der Waals surface area contributed by atoms with Gasteiger partial charge in [0.2, 0.25) is 0 Å². The van der Waals surface area contributed by atoms with Crippen LogP contribution in [0, 0.1) is 5.82 Å². The monoisotopic (exact) mass is 275 g/mol. The molecule has 2 rings (SSSR count). The van der Waals surface area contributed by atoms with Crippen molar-refractivity contribution in [2.45, 2.75) is 0 Å². The number of nitrogens with zero attached hydrogens (tertiary/aromatic N) is 1. The molecule has 1 aromatic heterocycles. The number of aromatic nitrogens is 1. The topological polar surface area (TPSA) is 12.9 Å². The zero-order valence-electron chi connectivity index (χ0n) is 7.85. The minimum absolute atomic E-state index is 0.158. The van der Waals surface area contributed by atoms with Crippen LogP contribution in [0.25, 0.3) is 11.3 Å². The van der Waals surface area contributed by atoms with Gasteiger partial charge in [-0.25, -0.2) is 4.39 Å². The van der Waals surface area contributed by atoms with Crippen LogP contribution in [0.1, 0.15) is 0 Å². The van der Waals surface area contributed by atoms with Gasteiger partial charge in [0, 0.05) is 11.8 Å². The highest BCUT2D eigenvalue weighted by atomic mass is 35.5. The van der Waals surface area contributed by atoms with E-state index in [1.807, 2.05) is 0 Å². The quantitative estimate of drug-likeness (QED) is 0.679. The molecule has 0 saturated heterocycles. The molecule has 0 bridgehead atoms. The second-order valence-corrected chi connectivity index (χ2v) is 4.22. The highest BCUT2D eigenvalue weighted by molar-refractivity contribution is 6.49. The number of hydrogen-bond donors (Lipinski definition) is 0. The summed E-state index contributed by atoms with van der Waals surface area (Å²) in [6.07, 6.45) is 1.48. The summed E-state index contributed by atoms with van der Waals surface area (Å²) in [5.74, 6) is -0.456. The van der Waals surface area contributed by atoms with Crippen LogP contribution in [-0.4, -0.2) is 4.98 Å². The van der Waals surface area contributed by atoms with Crippen molar-refractivity contribution in [1.82, 2.24) is 4.98 Å². The Bertz CT molecular complexity index is 543. The first-order valence-corrected chi connectivity index (χ1v) is 5.49. The molecule has 1 heterocycles. The summed E-state index contributed by atoms with van der Waals surface area (Å²) in [4.78, 5) is 3.92. The van der Waals surface area contributed by atoms with E-state index in [1.165, 1.54) is 18.3 Å². The van der Waals surface area contributed by atoms with Crippen LogP contribution in [0.4, 0.5) is 4.39 Å². The average Bonchev–Trinajstić information content (AvgIpc) is 2.28. The Morgan fingerprint density at radius 3 is 2.44 bits per heavy atom. The van der Waals surface area contributed by atoms with Gasteiger partial charge in [-0.05, 0) is 24.3 Å². The van der Waals surface area contributed by atoms with Gasteiger partial charge in [0.15, 0.2) is 0 Å². The maximum Gasteiger partial charge on any atom is 0.149 e. The van der Waals surface area contributed by atoms with Crippen molar-refractivity contribution in [3.05, 3.63) is 51.3 Å². The second kappa shape index (κ2) is 4.58. The van der Waals surface area contributed by atoms with Gasteiger partial charge < -0.3 is 0 Å². The van der Waals surface area contributed by atoms with Crippen molar-refractivity contribution < 1.29 is 4.39 Å². The summed E-state index contributed by atoms with van der Waals surface area (Å²) < 4.78 is 13.5. The van der Waals surface area contributed by atoms with Gasteiger partial charge in [0.1, 0.15) is 11.5 Å². The van der Waals surface area contributed by atoms with Crippen LogP contribution in [0.5, 0.6) is 0 Å². The lowest BCUT2D eigenvalue weighted by atomic mass is 10.1. The van der Waals surface area contributed by atoms with Gasteiger partial charge in [0.25, 0.3) is 0 Å². The molecule has 82 valence electrons. The Kier molecular flexibility index (Phi) is 3.33. The van der Waals surface area contributed by atoms with Crippen molar-refractivity contribution in [2.75, 3.05) is 0 Å². The highest BCUT2D eigenvalue weighted by Crippen LogP contribution is 2.37. The zero-order valence-corrected chi connectivity index (χ0v) is 10.1. The molecule has 0 amide bonds. The second-order valence-electron chi connectivity index (χ2n) is 3.06. The van der Waals surface area contributed by atoms with Crippen molar-refractivity contribution in [2.24, 2.45) is 0 Å². The fourth-order valence-electron chi connectivity index (χ4n) is 1.29. The first-order valence-electron chi connectivity index (χ1n) is 4.35. The number of halogens is 4. The summed E-state index contributed by atoms with van der Waals surface area (Å²) in [5.41, 5.74) is 0.584. The predicted molar refractivity (Wildman–Crippen MR) is 64.7 cm³/mol. The molecule has 2 aromatic rings. The molecule has 0 fully saturated rings. The molecule has 5 heteroatoms. The number of benzene rings is 1. The fourth-order valence-corrected chi connectivity index (χ4v) is 1.92. The normalized spacial score (nSPS) is 10.5. The summed E-state index contributed by atoms with van der Waals surface area (Å²) in [7, 11) is 0. The number of rotatable bonds is 1. The molecule has 0 saturated carbocycles. The third-order valence-corrected chi connectivity index (χ3v) is 3.34. The molecule has 0 aliphatic heterocycles. The third kappa shape index (κ3) is 2.01. The van der Waals surface area contributed by atoms with Crippen molar-refractivity contribution in [3.8, 4) is 11.3 Å². The standard InChI is InChI=1S/C11H5Cl3FN/c12-7-4-3-6(9(13)10(7)14)11-8(15)2-1-5-16-11/h1-5H. The molecule has 0 aliphatic rings. The van der Waals surface area contributed by atoms with E-state index in [9.17, 15) is 4.39 Å². The summed E-state index contributed by atoms with van der Waals surface area (Å²) in [5, 5.41) is 0.726. The van der Waals surface area contributed by atoms with E-state index in [0.717, 1.165) is 0 Å². The van der Waals surface area contributed by atoms with E-state index in [-0.39, 0.29) is 15.7 Å². The van der Waals surface area contributed by atoms with Crippen molar-refractivity contribution in [1.29, 1.82) is 0 Å². The Labute approximate surface area is 107 Å². The fraction of sp³-hybridized carbons (Fsp3) is 0. The molecule has 1 nitrogen and oxygen atoms in total. The van der Waals surface area contributed by atoms with Gasteiger partial charge in [-0.1, -0.05) is 34.8 Å². The zero-order chi connectivity index (χ0) is 11.7. The van der Waals surface area contributed by atoms with Crippen molar-refractivity contribution in [3.63, 3.8) is 0 Å². The first kappa shape index (κ1) is 11.6. The van der Waals surface area contributed by atoms with E-state index in [1.54, 1.807) is 12.1 Å². The molecule has 0 spiro atoms. The maximum atomic E-state index is 13.5. The lowest BCUT2D eigenvalue weighted by Gasteiger charge is -2.07. The summed E-state index contributed by atoms with van der Waals surface area (Å²) in [6, 6.07) is 5.95. The van der Waals surface area contributed by atoms with E-state index in [2.05, 4.69) is 4.98 Å². The molecular formula is C11H5Cl3FN. The minimum atomic E-state index is -0.456. The van der Waals surface area contributed by atoms with Crippen LogP contribution in [0.15, 0.2) is 30.5 Å². The molecule has 0 unspecified atom stereocenters. The molecular weight excluding hydrogens is 271 g/mol. The Morgan fingerprint density at radius 2 is 1.75 bits per heavy atom. The van der Waals surface area contributed by atoms with Crippen LogP contribution < -0.4 is 0 Å². The van der Waals surface area contributed by atoms with Gasteiger partial charge in [-0.15, -0.1) is 0 Å². The highest BCUT2D eigenvalue weighted by Gasteiger charge is 2.14. The van der Waals surface area contributed by atoms with Gasteiger partial charge in [-0.2, -0.15) is 0 Å². The van der Waals surface area contributed by atoms with Gasteiger partial charge in [0.05, 0.1) is 15.1 Å². The van der Waals surface area contributed by atoms with Gasteiger partial charge >= 0.3 is 0 Å². The smallest absolute Gasteiger partial charge is 0.149 e. The summed E-state index contributed by atoms with van der Waals surface area (Å²) >= 11 is 17.6. The third-order valence-electron chi connectivity index (χ3n) is 2.05. The van der Waals surface area contributed by atoms with Crippen LogP contribution in [0.3, 0.4) is 0 Å². The number of pyridine rings is 1. The number of hydrogen-bond acceptors (Lipinski definition) is 1. The van der Waals surface area contributed by atoms with Gasteiger partial charge in [-0.3, -0.25) is 4.98 Å². The van der Waals surface area contributed by atoms with Crippen LogP contribution in [-0.2, 0) is 0 Å². The van der Waals surface area contributed by atoms with Crippen LogP contribution in [0.2, 0.25) is 15.1 Å². The largest absolute Gasteiger partial charge is 0.253 e. The summed E-state index contributed by atoms with van der Waals surface area (Å²) in [6.45, 7) is 0. The lowest BCUT2D eigenvalue weighted by Crippen LogP contribution is -1.89. The molecule has 0 aliphatic carbocycles. The Balaban J connectivity index is 2.66. The SMILES string of the molecule is Fc1cccnc1-c1ccc(Cl)c(Cl)c1Cl. The Hall–Kier alpha value is -0.830. The molecule has 0 N–H and O–H groups in total. The van der Waals surface area contributed by atoms with E-state index >= 15 is 0 Å². The minimum Gasteiger partial charge on any atom is -0.253 e. The molecule has 16 heavy (non-hydrogen) atoms. The average molecular weight is 277 g/mol. The van der Waals surface area contributed by atoms with Crippen LogP contribution >= 0.6 is 34.8 Å². The maximum absolute atomic E-state index is 13.5. The first-order chi connectivity index (χ1) is 7.61. The Morgan fingerprint density at radius 1 is 1.00 bits per heavy atom. The molecule has 0 atom stereocenters. The van der Waals surface area contributed by atoms with E-state index < -0.39 is 5.82 Å². The van der Waals surface area contributed by atoms with E-state index in [0.29, 0.717) is 10.6 Å². The van der Waals surface area contributed by atoms with E-state index in [4.69, 9.17) is 34.8 Å².